The molecule has 1 atom stereocenters. The van der Waals surface area contributed by atoms with E-state index in [9.17, 15) is 22.8 Å². The highest BCUT2D eigenvalue weighted by atomic mass is 19.4. The molecule has 0 aliphatic carbocycles. The van der Waals surface area contributed by atoms with Crippen molar-refractivity contribution < 1.29 is 22.5 Å². The molecule has 0 radical (unpaired) electrons. The summed E-state index contributed by atoms with van der Waals surface area (Å²) in [6, 6.07) is 13.1. The van der Waals surface area contributed by atoms with Crippen LogP contribution in [0.1, 0.15) is 34.6 Å². The van der Waals surface area contributed by atoms with Crippen molar-refractivity contribution in [1.29, 1.82) is 0 Å². The van der Waals surface area contributed by atoms with Crippen molar-refractivity contribution in [2.75, 3.05) is 5.73 Å². The highest BCUT2D eigenvalue weighted by Crippen LogP contribution is 2.32. The maximum absolute atomic E-state index is 13.1. The minimum atomic E-state index is -4.58. The third-order valence-electron chi connectivity index (χ3n) is 5.01. The van der Waals surface area contributed by atoms with Gasteiger partial charge < -0.3 is 15.6 Å². The van der Waals surface area contributed by atoms with Gasteiger partial charge in [0.25, 0.3) is 11.5 Å². The van der Waals surface area contributed by atoms with Crippen LogP contribution in [0, 0.1) is 0 Å². The lowest BCUT2D eigenvalue weighted by atomic mass is 10.0. The SMILES string of the molecule is C[C@@H](NC(=O)c1ccc(=O)n(-c2cccc(-c3ccon3)c2)n1)c1cc(N)cc(C(F)(F)F)c1. The number of halogens is 3. The summed E-state index contributed by atoms with van der Waals surface area (Å²) in [7, 11) is 0. The largest absolute Gasteiger partial charge is 0.416 e. The van der Waals surface area contributed by atoms with Gasteiger partial charge in [-0.25, -0.2) is 0 Å². The predicted molar refractivity (Wildman–Crippen MR) is 117 cm³/mol. The molecular formula is C23H18F3N5O3. The molecule has 0 fully saturated rings. The maximum Gasteiger partial charge on any atom is 0.416 e. The molecule has 11 heteroatoms. The fourth-order valence-corrected chi connectivity index (χ4v) is 3.32. The van der Waals surface area contributed by atoms with Gasteiger partial charge in [0, 0.05) is 23.4 Å². The molecule has 1 amide bonds. The summed E-state index contributed by atoms with van der Waals surface area (Å²) in [6.07, 6.45) is -3.16. The Labute approximate surface area is 190 Å². The standard InChI is InChI=1S/C23H18F3N5O3/c1-13(15-9-16(23(24,25)26)12-17(27)10-15)28-22(33)20-5-6-21(32)31(29-20)18-4-2-3-14(11-18)19-7-8-34-30-19/h2-13H,27H2,1H3,(H,28,33)/t13-/m1/s1. The van der Waals surface area contributed by atoms with Crippen molar-refractivity contribution in [3.63, 3.8) is 0 Å². The Kier molecular flexibility index (Phi) is 5.93. The van der Waals surface area contributed by atoms with E-state index >= 15 is 0 Å². The zero-order chi connectivity index (χ0) is 24.5. The summed E-state index contributed by atoms with van der Waals surface area (Å²) < 4.78 is 45.2. The molecule has 0 bridgehead atoms. The van der Waals surface area contributed by atoms with E-state index in [4.69, 9.17) is 10.3 Å². The van der Waals surface area contributed by atoms with Crippen molar-refractivity contribution in [2.45, 2.75) is 19.1 Å². The molecule has 174 valence electrons. The number of hydrogen-bond acceptors (Lipinski definition) is 6. The van der Waals surface area contributed by atoms with Crippen molar-refractivity contribution in [3.8, 4) is 16.9 Å². The van der Waals surface area contributed by atoms with E-state index in [0.717, 1.165) is 16.8 Å². The highest BCUT2D eigenvalue weighted by Gasteiger charge is 2.31. The Balaban J connectivity index is 1.60. The number of nitrogens with one attached hydrogen (secondary N) is 1. The summed E-state index contributed by atoms with van der Waals surface area (Å²) in [6.45, 7) is 1.52. The van der Waals surface area contributed by atoms with Crippen LogP contribution in [0.3, 0.4) is 0 Å². The lowest BCUT2D eigenvalue weighted by Crippen LogP contribution is -2.30. The number of anilines is 1. The third-order valence-corrected chi connectivity index (χ3v) is 5.01. The molecule has 0 unspecified atom stereocenters. The molecule has 8 nitrogen and oxygen atoms in total. The van der Waals surface area contributed by atoms with Crippen LogP contribution in [0.15, 0.2) is 76.2 Å². The molecule has 2 aromatic carbocycles. The summed E-state index contributed by atoms with van der Waals surface area (Å²) in [5.74, 6) is -0.676. The second-order valence-electron chi connectivity index (χ2n) is 7.48. The number of nitrogens with two attached hydrogens (primary N) is 1. The fourth-order valence-electron chi connectivity index (χ4n) is 3.32. The molecule has 0 aliphatic rings. The van der Waals surface area contributed by atoms with Gasteiger partial charge in [-0.3, -0.25) is 9.59 Å². The summed E-state index contributed by atoms with van der Waals surface area (Å²) in [5.41, 5.74) is 5.83. The first-order chi connectivity index (χ1) is 16.1. The van der Waals surface area contributed by atoms with Crippen LogP contribution >= 0.6 is 0 Å². The number of carbonyl (C=O) groups is 1. The number of alkyl halides is 3. The van der Waals surface area contributed by atoms with Gasteiger partial charge in [-0.15, -0.1) is 0 Å². The van der Waals surface area contributed by atoms with Crippen LogP contribution in [0.25, 0.3) is 16.9 Å². The molecule has 0 saturated heterocycles. The van der Waals surface area contributed by atoms with E-state index in [1.807, 2.05) is 0 Å². The Morgan fingerprint density at radius 1 is 1.12 bits per heavy atom. The average molecular weight is 469 g/mol. The molecule has 0 spiro atoms. The van der Waals surface area contributed by atoms with E-state index in [1.54, 1.807) is 30.3 Å². The van der Waals surface area contributed by atoms with Gasteiger partial charge in [0.15, 0.2) is 0 Å². The topological polar surface area (TPSA) is 116 Å². The highest BCUT2D eigenvalue weighted by molar-refractivity contribution is 5.92. The Morgan fingerprint density at radius 3 is 2.62 bits per heavy atom. The molecule has 0 saturated carbocycles. The molecule has 2 aromatic heterocycles. The quantitative estimate of drug-likeness (QED) is 0.427. The number of nitrogens with zero attached hydrogens (tertiary/aromatic N) is 3. The number of carbonyl (C=O) groups excluding carboxylic acids is 1. The van der Waals surface area contributed by atoms with Crippen LogP contribution in [0.2, 0.25) is 0 Å². The predicted octanol–water partition coefficient (Wildman–Crippen LogP) is 3.98. The number of nitrogen functional groups attached to an aromatic ring is 1. The van der Waals surface area contributed by atoms with E-state index in [0.29, 0.717) is 16.9 Å². The van der Waals surface area contributed by atoms with Gasteiger partial charge in [-0.2, -0.15) is 23.0 Å². The monoisotopic (exact) mass is 469 g/mol. The van der Waals surface area contributed by atoms with E-state index < -0.39 is 29.2 Å². The van der Waals surface area contributed by atoms with Gasteiger partial charge in [-0.05, 0) is 48.9 Å². The van der Waals surface area contributed by atoms with Crippen LogP contribution < -0.4 is 16.6 Å². The maximum atomic E-state index is 13.1. The van der Waals surface area contributed by atoms with E-state index in [-0.39, 0.29) is 16.9 Å². The average Bonchev–Trinajstić information content (AvgIpc) is 3.33. The molecule has 2 heterocycles. The minimum absolute atomic E-state index is 0.0791. The van der Waals surface area contributed by atoms with Crippen LogP contribution in [-0.2, 0) is 6.18 Å². The number of hydrogen-bond donors (Lipinski definition) is 2. The Morgan fingerprint density at radius 2 is 1.91 bits per heavy atom. The zero-order valence-corrected chi connectivity index (χ0v) is 17.7. The molecule has 0 aliphatic heterocycles. The van der Waals surface area contributed by atoms with Crippen molar-refractivity contribution in [3.05, 3.63) is 94.1 Å². The van der Waals surface area contributed by atoms with Gasteiger partial charge in [-0.1, -0.05) is 17.3 Å². The van der Waals surface area contributed by atoms with E-state index in [1.165, 1.54) is 31.4 Å². The fraction of sp³-hybridized carbons (Fsp3) is 0.130. The Hall–Kier alpha value is -4.41. The Bertz CT molecular complexity index is 1400. The second kappa shape index (κ2) is 8.85. The molecular weight excluding hydrogens is 451 g/mol. The zero-order valence-electron chi connectivity index (χ0n) is 17.7. The number of benzene rings is 2. The van der Waals surface area contributed by atoms with Gasteiger partial charge >= 0.3 is 6.18 Å². The third kappa shape index (κ3) is 4.82. The molecule has 3 N–H and O–H groups in total. The van der Waals surface area contributed by atoms with Crippen molar-refractivity contribution in [1.82, 2.24) is 20.3 Å². The molecule has 4 rings (SSSR count). The first-order valence-corrected chi connectivity index (χ1v) is 10.0. The minimum Gasteiger partial charge on any atom is -0.399 e. The lowest BCUT2D eigenvalue weighted by molar-refractivity contribution is -0.137. The van der Waals surface area contributed by atoms with Crippen LogP contribution in [0.5, 0.6) is 0 Å². The molecule has 34 heavy (non-hydrogen) atoms. The van der Waals surface area contributed by atoms with E-state index in [2.05, 4.69) is 15.6 Å². The summed E-state index contributed by atoms with van der Waals surface area (Å²) in [5, 5.41) is 10.6. The summed E-state index contributed by atoms with van der Waals surface area (Å²) in [4.78, 5) is 25.2. The number of rotatable bonds is 5. The smallest absolute Gasteiger partial charge is 0.399 e. The van der Waals surface area contributed by atoms with Crippen molar-refractivity contribution >= 4 is 11.6 Å². The number of amides is 1. The number of aromatic nitrogens is 3. The van der Waals surface area contributed by atoms with Gasteiger partial charge in [0.2, 0.25) is 0 Å². The first kappa shape index (κ1) is 22.8. The van der Waals surface area contributed by atoms with Crippen LogP contribution in [0.4, 0.5) is 18.9 Å². The first-order valence-electron chi connectivity index (χ1n) is 10.0. The molecule has 4 aromatic rings. The van der Waals surface area contributed by atoms with Gasteiger partial charge in [0.1, 0.15) is 17.7 Å². The van der Waals surface area contributed by atoms with Crippen LogP contribution in [-0.4, -0.2) is 20.8 Å². The van der Waals surface area contributed by atoms with Gasteiger partial charge in [0.05, 0.1) is 17.3 Å². The van der Waals surface area contributed by atoms with Crippen molar-refractivity contribution in [2.24, 2.45) is 0 Å². The normalized spacial score (nSPS) is 12.4. The second-order valence-corrected chi connectivity index (χ2v) is 7.48. The lowest BCUT2D eigenvalue weighted by Gasteiger charge is -2.17. The summed E-state index contributed by atoms with van der Waals surface area (Å²) >= 11 is 0.